The van der Waals surface area contributed by atoms with Gasteiger partial charge in [0.1, 0.15) is 18.6 Å². The van der Waals surface area contributed by atoms with E-state index in [2.05, 4.69) is 58.8 Å². The van der Waals surface area contributed by atoms with Crippen molar-refractivity contribution in [2.45, 2.75) is 46.6 Å². The van der Waals surface area contributed by atoms with E-state index in [0.717, 1.165) is 32.6 Å². The molecule has 50 heavy (non-hydrogen) atoms. The van der Waals surface area contributed by atoms with Crippen molar-refractivity contribution in [2.75, 3.05) is 77.5 Å². The highest BCUT2D eigenvalue weighted by Gasteiger charge is 2.14. The van der Waals surface area contributed by atoms with Gasteiger partial charge < -0.3 is 47.3 Å². The number of aldehydes is 2. The zero-order chi connectivity index (χ0) is 37.9. The van der Waals surface area contributed by atoms with Crippen LogP contribution in [0.25, 0.3) is 0 Å². The highest BCUT2D eigenvalue weighted by Crippen LogP contribution is 2.16. The van der Waals surface area contributed by atoms with E-state index >= 15 is 0 Å². The fraction of sp³-hybridized carbons (Fsp3) is 0.486. The third kappa shape index (κ3) is 19.3. The number of rotatable bonds is 18. The first-order valence-electron chi connectivity index (χ1n) is 16.8. The summed E-state index contributed by atoms with van der Waals surface area (Å²) in [5.41, 5.74) is 12.6. The van der Waals surface area contributed by atoms with E-state index in [1.54, 1.807) is 30.3 Å². The lowest BCUT2D eigenvalue weighted by molar-refractivity contribution is -0.124. The van der Waals surface area contributed by atoms with Gasteiger partial charge in [-0.05, 0) is 108 Å². The number of nitrogens with two attached hydrogens (primary N) is 2. The molecule has 2 aromatic rings. The molecule has 2 aromatic carbocycles. The highest BCUT2D eigenvalue weighted by molar-refractivity contribution is 6.06. The minimum Gasteiger partial charge on any atom is -0.399 e. The molecular weight excluding hydrogens is 642 g/mol. The molecule has 0 spiro atoms. The maximum atomic E-state index is 12.5. The number of hydrogen-bond donors (Lipinski definition) is 7. The molecule has 0 saturated carbocycles. The van der Waals surface area contributed by atoms with Gasteiger partial charge in [0.05, 0.1) is 0 Å². The molecule has 15 heteroatoms. The van der Waals surface area contributed by atoms with Gasteiger partial charge in [-0.25, -0.2) is 4.79 Å². The summed E-state index contributed by atoms with van der Waals surface area (Å²) >= 11 is 0. The first-order valence-corrected chi connectivity index (χ1v) is 16.8. The fourth-order valence-corrected chi connectivity index (χ4v) is 4.25. The van der Waals surface area contributed by atoms with E-state index < -0.39 is 18.0 Å². The molecule has 0 saturated heterocycles. The number of benzene rings is 2. The fourth-order valence-electron chi connectivity index (χ4n) is 4.25. The maximum absolute atomic E-state index is 12.5. The molecule has 1 atom stereocenters. The van der Waals surface area contributed by atoms with Crippen molar-refractivity contribution in [3.63, 3.8) is 0 Å². The lowest BCUT2D eigenvalue weighted by atomic mass is 10.1. The molecule has 1 unspecified atom stereocenters. The third-order valence-corrected chi connectivity index (χ3v) is 7.32. The second-order valence-corrected chi connectivity index (χ2v) is 10.9. The lowest BCUT2D eigenvalue weighted by Crippen LogP contribution is -2.47. The number of nitrogen functional groups attached to an aromatic ring is 1. The number of anilines is 2. The monoisotopic (exact) mass is 699 g/mol. The summed E-state index contributed by atoms with van der Waals surface area (Å²) < 4.78 is 0. The van der Waals surface area contributed by atoms with Crippen molar-refractivity contribution < 1.29 is 28.8 Å². The van der Waals surface area contributed by atoms with Gasteiger partial charge in [-0.1, -0.05) is 27.7 Å². The Bertz CT molecular complexity index is 1320. The van der Waals surface area contributed by atoms with Gasteiger partial charge in [0.2, 0.25) is 0 Å². The molecule has 15 nitrogen and oxygen atoms in total. The average molecular weight is 700 g/mol. The average Bonchev–Trinajstić information content (AvgIpc) is 3.13. The zero-order valence-corrected chi connectivity index (χ0v) is 30.3. The summed E-state index contributed by atoms with van der Waals surface area (Å²) in [7, 11) is 3.34. The standard InChI is InChI=1S/C22H28N4O3.C8H20N2.C5H9N3O3/c1-3-26(4-2)11-5-10-24-21(28)18-12-16(15-27)13-20(14-18)25-22(29)17-6-8-19(23)9-7-17;1-4-10(5-2)8-6-7-9-3;1-7-5(11)8-4(10)3(6)2-9/h6-9,12-15H,3-5,10-11,23H2,1-2H3,(H,24,28)(H,25,29);9H,4-8H2,1-3H3;2-3H,6H2,1H3,(H2,7,8,10,11). The van der Waals surface area contributed by atoms with Crippen LogP contribution in [0.1, 0.15) is 71.6 Å². The molecule has 0 heterocycles. The number of hydrogen-bond acceptors (Lipinski definition) is 11. The molecule has 0 bridgehead atoms. The molecule has 0 aliphatic heterocycles. The quantitative estimate of drug-likeness (QED) is 0.0514. The topological polar surface area (TPSA) is 221 Å². The molecular formula is C35H57N9O6. The first-order chi connectivity index (χ1) is 23.9. The molecule has 2 rings (SSSR count). The smallest absolute Gasteiger partial charge is 0.321 e. The summed E-state index contributed by atoms with van der Waals surface area (Å²) in [5, 5.41) is 12.7. The van der Waals surface area contributed by atoms with E-state index in [0.29, 0.717) is 40.9 Å². The number of imide groups is 1. The summed E-state index contributed by atoms with van der Waals surface area (Å²) in [6, 6.07) is 9.10. The zero-order valence-electron chi connectivity index (χ0n) is 30.3. The summed E-state index contributed by atoms with van der Waals surface area (Å²) in [6.07, 6.45) is 2.99. The largest absolute Gasteiger partial charge is 0.399 e. The van der Waals surface area contributed by atoms with E-state index in [4.69, 9.17) is 11.5 Å². The van der Waals surface area contributed by atoms with Crippen LogP contribution in [-0.2, 0) is 9.59 Å². The van der Waals surface area contributed by atoms with Crippen LogP contribution in [0.2, 0.25) is 0 Å². The third-order valence-electron chi connectivity index (χ3n) is 7.32. The van der Waals surface area contributed by atoms with Crippen LogP contribution in [0.3, 0.4) is 0 Å². The second-order valence-electron chi connectivity index (χ2n) is 10.9. The minimum absolute atomic E-state index is 0.248. The van der Waals surface area contributed by atoms with Crippen molar-refractivity contribution in [3.05, 3.63) is 59.2 Å². The van der Waals surface area contributed by atoms with E-state index in [9.17, 15) is 28.8 Å². The number of urea groups is 1. The predicted octanol–water partition coefficient (Wildman–Crippen LogP) is 1.70. The molecule has 5 amide bonds. The van der Waals surface area contributed by atoms with E-state index in [1.807, 2.05) is 12.4 Å². The van der Waals surface area contributed by atoms with Crippen LogP contribution in [-0.4, -0.2) is 119 Å². The molecule has 0 aromatic heterocycles. The molecule has 278 valence electrons. The minimum atomic E-state index is -1.28. The number of carbonyl (C=O) groups is 6. The Balaban J connectivity index is 0.000000936. The van der Waals surface area contributed by atoms with Crippen molar-refractivity contribution in [1.29, 1.82) is 0 Å². The van der Waals surface area contributed by atoms with Gasteiger partial charge in [-0.2, -0.15) is 0 Å². The Morgan fingerprint density at radius 1 is 0.780 bits per heavy atom. The van der Waals surface area contributed by atoms with Crippen LogP contribution in [0.15, 0.2) is 42.5 Å². The Kier molecular flexibility index (Phi) is 24.6. The molecule has 0 aliphatic carbocycles. The molecule has 0 fully saturated rings. The molecule has 0 aliphatic rings. The summed E-state index contributed by atoms with van der Waals surface area (Å²) in [4.78, 5) is 71.8. The van der Waals surface area contributed by atoms with Gasteiger partial charge in [-0.3, -0.25) is 24.5 Å². The van der Waals surface area contributed by atoms with E-state index in [-0.39, 0.29) is 18.1 Å². The van der Waals surface area contributed by atoms with Crippen LogP contribution < -0.4 is 38.1 Å². The number of amides is 5. The van der Waals surface area contributed by atoms with Gasteiger partial charge in [0, 0.05) is 41.7 Å². The lowest BCUT2D eigenvalue weighted by Gasteiger charge is -2.17. The summed E-state index contributed by atoms with van der Waals surface area (Å²) in [5.74, 6) is -1.45. The van der Waals surface area contributed by atoms with Crippen molar-refractivity contribution in [3.8, 4) is 0 Å². The SMILES string of the molecule is CCN(CC)CCCNC.CCN(CC)CCCNC(=O)c1cc(C=O)cc(NC(=O)c2ccc(N)cc2)c1.CNC(=O)NC(=O)C(N)C=O. The Morgan fingerprint density at radius 2 is 1.34 bits per heavy atom. The highest BCUT2D eigenvalue weighted by atomic mass is 16.2. The molecule has 9 N–H and O–H groups in total. The van der Waals surface area contributed by atoms with Crippen LogP contribution in [0.5, 0.6) is 0 Å². The number of nitrogens with zero attached hydrogens (tertiary/aromatic N) is 2. The van der Waals surface area contributed by atoms with Gasteiger partial charge in [-0.15, -0.1) is 0 Å². The van der Waals surface area contributed by atoms with Crippen LogP contribution >= 0.6 is 0 Å². The van der Waals surface area contributed by atoms with Gasteiger partial charge in [0.25, 0.3) is 17.7 Å². The van der Waals surface area contributed by atoms with Crippen molar-refractivity contribution in [1.82, 2.24) is 31.1 Å². The van der Waals surface area contributed by atoms with Gasteiger partial charge >= 0.3 is 6.03 Å². The Labute approximate surface area is 296 Å². The van der Waals surface area contributed by atoms with Crippen molar-refractivity contribution >= 4 is 47.7 Å². The predicted molar refractivity (Wildman–Crippen MR) is 198 cm³/mol. The summed E-state index contributed by atoms with van der Waals surface area (Å²) in [6.45, 7) is 16.8. The maximum Gasteiger partial charge on any atom is 0.321 e. The van der Waals surface area contributed by atoms with Crippen LogP contribution in [0, 0.1) is 0 Å². The number of nitrogens with one attached hydrogen (secondary N) is 5. The Hall–Kier alpha value is -4.70. The van der Waals surface area contributed by atoms with Crippen molar-refractivity contribution in [2.24, 2.45) is 5.73 Å². The first kappa shape index (κ1) is 45.3. The molecule has 0 radical (unpaired) electrons. The Morgan fingerprint density at radius 3 is 1.82 bits per heavy atom. The second kappa shape index (κ2) is 27.2. The van der Waals surface area contributed by atoms with E-state index in [1.165, 1.54) is 45.2 Å². The normalized spacial score (nSPS) is 10.8. The number of carbonyl (C=O) groups excluding carboxylic acids is 6. The van der Waals surface area contributed by atoms with Gasteiger partial charge in [0.15, 0.2) is 0 Å². The van der Waals surface area contributed by atoms with Crippen LogP contribution in [0.4, 0.5) is 16.2 Å².